The lowest BCUT2D eigenvalue weighted by molar-refractivity contribution is -0.128. The number of aliphatic hydroxyl groups is 1. The summed E-state index contributed by atoms with van der Waals surface area (Å²) in [6.45, 7) is -0.208. The summed E-state index contributed by atoms with van der Waals surface area (Å²) in [4.78, 5) is 35.6. The van der Waals surface area contributed by atoms with Gasteiger partial charge in [-0.3, -0.25) is 9.59 Å². The molecule has 0 aliphatic carbocycles. The van der Waals surface area contributed by atoms with Gasteiger partial charge in [-0.2, -0.15) is 0 Å². The molecule has 0 heterocycles. The zero-order chi connectivity index (χ0) is 24.3. The van der Waals surface area contributed by atoms with E-state index in [1.807, 2.05) is 6.07 Å². The lowest BCUT2D eigenvalue weighted by Crippen LogP contribution is -2.46. The van der Waals surface area contributed by atoms with Gasteiger partial charge < -0.3 is 26.2 Å². The van der Waals surface area contributed by atoms with Gasteiger partial charge in [-0.25, -0.2) is 13.2 Å². The largest absolute Gasteiger partial charge is 0.445 e. The summed E-state index contributed by atoms with van der Waals surface area (Å²) in [5.74, 6) is -2.02. The van der Waals surface area contributed by atoms with Gasteiger partial charge in [-0.05, 0) is 24.1 Å². The minimum absolute atomic E-state index is 0.0510. The van der Waals surface area contributed by atoms with Gasteiger partial charge in [0.15, 0.2) is 9.84 Å². The minimum atomic E-state index is -3.66. The van der Waals surface area contributed by atoms with Crippen molar-refractivity contribution in [3.05, 3.63) is 66.2 Å². The average molecular weight is 478 g/mol. The first-order valence-electron chi connectivity index (χ1n) is 10.2. The van der Waals surface area contributed by atoms with Crippen LogP contribution in [0.5, 0.6) is 0 Å². The molecule has 0 unspecified atom stereocenters. The number of nitrogens with two attached hydrogens (primary N) is 1. The molecule has 2 rings (SSSR count). The summed E-state index contributed by atoms with van der Waals surface area (Å²) in [5.41, 5.74) is 6.07. The van der Waals surface area contributed by atoms with Crippen molar-refractivity contribution in [3.63, 3.8) is 0 Å². The lowest BCUT2D eigenvalue weighted by Gasteiger charge is -2.17. The number of aliphatic hydroxyl groups excluding tert-OH is 1. The van der Waals surface area contributed by atoms with Crippen LogP contribution in [0.4, 0.5) is 4.79 Å². The van der Waals surface area contributed by atoms with Gasteiger partial charge in [-0.1, -0.05) is 48.5 Å². The van der Waals surface area contributed by atoms with Crippen LogP contribution in [0.2, 0.25) is 0 Å². The lowest BCUT2D eigenvalue weighted by atomic mass is 10.2. The summed E-state index contributed by atoms with van der Waals surface area (Å²) >= 11 is 0. The molecule has 5 N–H and O–H groups in total. The number of carbonyl (C=O) groups excluding carboxylic acids is 3. The van der Waals surface area contributed by atoms with Gasteiger partial charge in [0.2, 0.25) is 11.8 Å². The number of carbonyl (C=O) groups is 3. The second-order valence-corrected chi connectivity index (χ2v) is 9.35. The number of nitrogens with one attached hydrogen (secondary N) is 2. The van der Waals surface area contributed by atoms with Gasteiger partial charge >= 0.3 is 6.09 Å². The molecule has 0 bridgehead atoms. The smallest absolute Gasteiger partial charge is 0.407 e. The van der Waals surface area contributed by atoms with E-state index in [1.54, 1.807) is 42.5 Å². The van der Waals surface area contributed by atoms with Gasteiger partial charge in [0, 0.05) is 6.54 Å². The SMILES string of the molecule is NC(=O)[C@@H](CCS(=O)(=O)c1ccccc1)NC(=O)C[C@H](O)CNC(=O)OCc1ccccc1. The molecule has 33 heavy (non-hydrogen) atoms. The number of benzene rings is 2. The van der Waals surface area contributed by atoms with Crippen molar-refractivity contribution < 1.29 is 32.6 Å². The highest BCUT2D eigenvalue weighted by Crippen LogP contribution is 2.12. The Kier molecular flexibility index (Phi) is 9.83. The summed E-state index contributed by atoms with van der Waals surface area (Å²) in [7, 11) is -3.66. The van der Waals surface area contributed by atoms with Crippen molar-refractivity contribution >= 4 is 27.7 Å². The Bertz CT molecular complexity index is 1030. The first-order valence-corrected chi connectivity index (χ1v) is 11.8. The van der Waals surface area contributed by atoms with Gasteiger partial charge in [-0.15, -0.1) is 0 Å². The van der Waals surface area contributed by atoms with Crippen LogP contribution < -0.4 is 16.4 Å². The summed E-state index contributed by atoms with van der Waals surface area (Å²) in [6, 6.07) is 15.5. The Labute approximate surface area is 192 Å². The molecule has 0 aromatic heterocycles. The Hall–Kier alpha value is -3.44. The number of amides is 3. The van der Waals surface area contributed by atoms with Gasteiger partial charge in [0.1, 0.15) is 12.6 Å². The Morgan fingerprint density at radius 2 is 1.61 bits per heavy atom. The maximum Gasteiger partial charge on any atom is 0.407 e. The molecule has 2 atom stereocenters. The molecular formula is C22H27N3O7S. The molecule has 10 nitrogen and oxygen atoms in total. The molecule has 11 heteroatoms. The fourth-order valence-corrected chi connectivity index (χ4v) is 4.17. The number of rotatable bonds is 12. The number of hydrogen-bond donors (Lipinski definition) is 4. The molecule has 0 saturated carbocycles. The number of alkyl carbamates (subject to hydrolysis) is 1. The molecule has 0 saturated heterocycles. The quantitative estimate of drug-likeness (QED) is 0.345. The average Bonchev–Trinajstić information content (AvgIpc) is 2.80. The van der Waals surface area contributed by atoms with Crippen molar-refractivity contribution in [2.45, 2.75) is 36.5 Å². The van der Waals surface area contributed by atoms with Gasteiger partial charge in [0.05, 0.1) is 23.2 Å². The Morgan fingerprint density at radius 3 is 2.21 bits per heavy atom. The zero-order valence-electron chi connectivity index (χ0n) is 17.8. The van der Waals surface area contributed by atoms with Crippen LogP contribution in [0, 0.1) is 0 Å². The van der Waals surface area contributed by atoms with E-state index in [0.717, 1.165) is 5.56 Å². The van der Waals surface area contributed by atoms with Crippen LogP contribution in [0.25, 0.3) is 0 Å². The predicted octanol–water partition coefficient (Wildman–Crippen LogP) is 0.498. The maximum absolute atomic E-state index is 12.4. The molecule has 178 valence electrons. The molecular weight excluding hydrogens is 450 g/mol. The molecule has 0 aliphatic heterocycles. The molecule has 2 aromatic carbocycles. The van der Waals surface area contributed by atoms with Crippen LogP contribution in [0.3, 0.4) is 0 Å². The fourth-order valence-electron chi connectivity index (χ4n) is 2.82. The van der Waals surface area contributed by atoms with E-state index in [4.69, 9.17) is 10.5 Å². The van der Waals surface area contributed by atoms with Crippen LogP contribution in [-0.2, 0) is 30.8 Å². The molecule has 2 aromatic rings. The van der Waals surface area contributed by atoms with Crippen molar-refractivity contribution in [2.75, 3.05) is 12.3 Å². The second kappa shape index (κ2) is 12.6. The van der Waals surface area contributed by atoms with Crippen LogP contribution in [0.15, 0.2) is 65.6 Å². The van der Waals surface area contributed by atoms with Crippen LogP contribution >= 0.6 is 0 Å². The third-order valence-corrected chi connectivity index (χ3v) is 6.34. The number of hydrogen-bond acceptors (Lipinski definition) is 7. The monoisotopic (exact) mass is 477 g/mol. The van der Waals surface area contributed by atoms with Crippen molar-refractivity contribution in [1.82, 2.24) is 10.6 Å². The Morgan fingerprint density at radius 1 is 1.00 bits per heavy atom. The summed E-state index contributed by atoms with van der Waals surface area (Å²) in [6.07, 6.45) is -2.68. The first-order chi connectivity index (χ1) is 15.7. The van der Waals surface area contributed by atoms with Gasteiger partial charge in [0.25, 0.3) is 0 Å². The topological polar surface area (TPSA) is 165 Å². The maximum atomic E-state index is 12.4. The number of ether oxygens (including phenoxy) is 1. The van der Waals surface area contributed by atoms with Crippen molar-refractivity contribution in [1.29, 1.82) is 0 Å². The van der Waals surface area contributed by atoms with E-state index >= 15 is 0 Å². The molecule has 3 amide bonds. The normalized spacial score (nSPS) is 12.9. The van der Waals surface area contributed by atoms with E-state index < -0.39 is 52.1 Å². The standard InChI is InChI=1S/C22H27N3O7S/c23-21(28)19(11-12-33(30,31)18-9-5-2-6-10-18)25-20(27)13-17(26)14-24-22(29)32-15-16-7-3-1-4-8-16/h1-10,17,19,26H,11-15H2,(H2,23,28)(H,24,29)(H,25,27)/t17-,19+/m0/s1. The molecule has 0 radical (unpaired) electrons. The van der Waals surface area contributed by atoms with E-state index in [1.165, 1.54) is 12.1 Å². The number of primary amides is 1. The van der Waals surface area contributed by atoms with E-state index in [2.05, 4.69) is 10.6 Å². The molecule has 0 spiro atoms. The summed E-state index contributed by atoms with van der Waals surface area (Å²) < 4.78 is 29.7. The van der Waals surface area contributed by atoms with E-state index in [-0.39, 0.29) is 24.5 Å². The molecule has 0 aliphatic rings. The highest BCUT2D eigenvalue weighted by Gasteiger charge is 2.24. The van der Waals surface area contributed by atoms with E-state index in [9.17, 15) is 27.9 Å². The fraction of sp³-hybridized carbons (Fsp3) is 0.318. The van der Waals surface area contributed by atoms with Crippen molar-refractivity contribution in [2.24, 2.45) is 5.73 Å². The third-order valence-electron chi connectivity index (χ3n) is 4.57. The predicted molar refractivity (Wildman–Crippen MR) is 119 cm³/mol. The second-order valence-electron chi connectivity index (χ2n) is 7.24. The minimum Gasteiger partial charge on any atom is -0.445 e. The highest BCUT2D eigenvalue weighted by atomic mass is 32.2. The molecule has 0 fully saturated rings. The van der Waals surface area contributed by atoms with Crippen LogP contribution in [-0.4, -0.2) is 55.9 Å². The third kappa shape index (κ3) is 9.29. The number of sulfone groups is 1. The first kappa shape index (κ1) is 25.8. The summed E-state index contributed by atoms with van der Waals surface area (Å²) in [5, 5.41) is 14.6. The van der Waals surface area contributed by atoms with Crippen LogP contribution in [0.1, 0.15) is 18.4 Å². The Balaban J connectivity index is 1.75. The van der Waals surface area contributed by atoms with Crippen molar-refractivity contribution in [3.8, 4) is 0 Å². The highest BCUT2D eigenvalue weighted by molar-refractivity contribution is 7.91. The van der Waals surface area contributed by atoms with E-state index in [0.29, 0.717) is 0 Å². The zero-order valence-corrected chi connectivity index (χ0v) is 18.7.